The fourth-order valence-corrected chi connectivity index (χ4v) is 1.87. The molecule has 17 heavy (non-hydrogen) atoms. The maximum absolute atomic E-state index is 12.7. The van der Waals surface area contributed by atoms with Crippen LogP contribution in [0.15, 0.2) is 12.4 Å². The zero-order valence-corrected chi connectivity index (χ0v) is 10.0. The van der Waals surface area contributed by atoms with Crippen molar-refractivity contribution in [2.75, 3.05) is 24.5 Å². The Kier molecular flexibility index (Phi) is 3.26. The molecule has 0 aromatic carbocycles. The molecule has 94 valence electrons. The third-order valence-corrected chi connectivity index (χ3v) is 2.92. The van der Waals surface area contributed by atoms with Gasteiger partial charge in [-0.15, -0.1) is 0 Å². The molecule has 1 aliphatic rings. The van der Waals surface area contributed by atoms with Crippen molar-refractivity contribution < 1.29 is 9.50 Å². The number of aromatic nitrogens is 2. The number of aliphatic hydroxyl groups is 1. The van der Waals surface area contributed by atoms with Gasteiger partial charge in [0.15, 0.2) is 5.82 Å². The molecule has 6 heteroatoms. The van der Waals surface area contributed by atoms with Crippen LogP contribution in [0.2, 0.25) is 0 Å². The highest BCUT2D eigenvalue weighted by molar-refractivity contribution is 5.30. The highest BCUT2D eigenvalue weighted by Gasteiger charge is 2.31. The Morgan fingerprint density at radius 1 is 1.47 bits per heavy atom. The van der Waals surface area contributed by atoms with Gasteiger partial charge in [-0.25, -0.2) is 14.4 Å². The van der Waals surface area contributed by atoms with Crippen molar-refractivity contribution in [3.63, 3.8) is 0 Å². The number of anilines is 1. The average Bonchev–Trinajstić information content (AvgIpc) is 2.29. The monoisotopic (exact) mass is 240 g/mol. The summed E-state index contributed by atoms with van der Waals surface area (Å²) in [6, 6.07) is -0.0510. The molecule has 0 aliphatic carbocycles. The lowest BCUT2D eigenvalue weighted by atomic mass is 9.97. The van der Waals surface area contributed by atoms with Crippen molar-refractivity contribution >= 4 is 5.95 Å². The van der Waals surface area contributed by atoms with Gasteiger partial charge < -0.3 is 15.3 Å². The van der Waals surface area contributed by atoms with E-state index in [2.05, 4.69) is 15.3 Å². The Bertz CT molecular complexity index is 376. The second-order valence-electron chi connectivity index (χ2n) is 4.81. The lowest BCUT2D eigenvalue weighted by molar-refractivity contribution is 0.0362. The summed E-state index contributed by atoms with van der Waals surface area (Å²) < 4.78 is 12.7. The van der Waals surface area contributed by atoms with Crippen molar-refractivity contribution in [2.24, 2.45) is 0 Å². The summed E-state index contributed by atoms with van der Waals surface area (Å²) in [6.07, 6.45) is 2.31. The average molecular weight is 240 g/mol. The summed E-state index contributed by atoms with van der Waals surface area (Å²) in [4.78, 5) is 9.84. The Morgan fingerprint density at radius 2 is 2.12 bits per heavy atom. The summed E-state index contributed by atoms with van der Waals surface area (Å²) in [7, 11) is 0. The molecule has 0 radical (unpaired) electrons. The molecule has 1 aromatic heterocycles. The highest BCUT2D eigenvalue weighted by atomic mass is 19.1. The van der Waals surface area contributed by atoms with Gasteiger partial charge in [0.05, 0.1) is 24.0 Å². The molecule has 1 unspecified atom stereocenters. The first-order valence-electron chi connectivity index (χ1n) is 5.65. The third kappa shape index (κ3) is 2.89. The molecule has 0 saturated carbocycles. The van der Waals surface area contributed by atoms with Crippen molar-refractivity contribution in [2.45, 2.75) is 25.5 Å². The van der Waals surface area contributed by atoms with Crippen LogP contribution in [-0.2, 0) is 0 Å². The lowest BCUT2D eigenvalue weighted by Gasteiger charge is -2.39. The molecule has 1 fully saturated rings. The van der Waals surface area contributed by atoms with E-state index in [1.54, 1.807) is 13.8 Å². The normalized spacial score (nSPS) is 21.6. The van der Waals surface area contributed by atoms with Crippen LogP contribution in [0.5, 0.6) is 0 Å². The van der Waals surface area contributed by atoms with Gasteiger partial charge in [-0.05, 0) is 13.8 Å². The van der Waals surface area contributed by atoms with Crippen LogP contribution >= 0.6 is 0 Å². The predicted molar refractivity (Wildman–Crippen MR) is 62.3 cm³/mol. The van der Waals surface area contributed by atoms with Crippen LogP contribution in [0.4, 0.5) is 10.3 Å². The molecule has 0 bridgehead atoms. The van der Waals surface area contributed by atoms with E-state index in [4.69, 9.17) is 0 Å². The predicted octanol–water partition coefficient (Wildman–Crippen LogP) is 0.165. The van der Waals surface area contributed by atoms with Crippen LogP contribution < -0.4 is 10.2 Å². The molecule has 1 saturated heterocycles. The van der Waals surface area contributed by atoms with E-state index in [1.807, 2.05) is 4.90 Å². The van der Waals surface area contributed by atoms with E-state index in [0.717, 1.165) is 25.5 Å². The van der Waals surface area contributed by atoms with Crippen LogP contribution in [0.25, 0.3) is 0 Å². The van der Waals surface area contributed by atoms with E-state index in [0.29, 0.717) is 12.5 Å². The van der Waals surface area contributed by atoms with Crippen LogP contribution in [0, 0.1) is 5.82 Å². The second-order valence-corrected chi connectivity index (χ2v) is 4.81. The highest BCUT2D eigenvalue weighted by Crippen LogP contribution is 2.16. The standard InChI is InChI=1S/C11H17FN4O/c1-11(2,17)9-7-16(4-3-13-9)10-14-5-8(12)6-15-10/h5-6,9,13,17H,3-4,7H2,1-2H3. The number of piperazine rings is 1. The topological polar surface area (TPSA) is 61.3 Å². The molecular weight excluding hydrogens is 223 g/mol. The Balaban J connectivity index is 2.09. The number of hydrogen-bond donors (Lipinski definition) is 2. The second kappa shape index (κ2) is 4.54. The zero-order valence-electron chi connectivity index (χ0n) is 10.0. The maximum Gasteiger partial charge on any atom is 0.225 e. The molecule has 2 rings (SSSR count). The minimum atomic E-state index is -0.807. The van der Waals surface area contributed by atoms with Gasteiger partial charge in [-0.2, -0.15) is 0 Å². The fraction of sp³-hybridized carbons (Fsp3) is 0.636. The molecule has 5 nitrogen and oxygen atoms in total. The van der Waals surface area contributed by atoms with Gasteiger partial charge in [-0.1, -0.05) is 0 Å². The number of hydrogen-bond acceptors (Lipinski definition) is 5. The number of rotatable bonds is 2. The number of halogens is 1. The molecule has 2 N–H and O–H groups in total. The van der Waals surface area contributed by atoms with Crippen molar-refractivity contribution in [1.29, 1.82) is 0 Å². The lowest BCUT2D eigenvalue weighted by Crippen LogP contribution is -2.59. The van der Waals surface area contributed by atoms with Gasteiger partial charge in [0.2, 0.25) is 5.95 Å². The third-order valence-electron chi connectivity index (χ3n) is 2.92. The summed E-state index contributed by atoms with van der Waals surface area (Å²) in [6.45, 7) is 5.63. The fourth-order valence-electron chi connectivity index (χ4n) is 1.87. The van der Waals surface area contributed by atoms with Crippen LogP contribution in [-0.4, -0.2) is 46.4 Å². The summed E-state index contributed by atoms with van der Waals surface area (Å²) in [5.41, 5.74) is -0.807. The molecule has 1 atom stereocenters. The number of nitrogens with one attached hydrogen (secondary N) is 1. The van der Waals surface area contributed by atoms with Crippen LogP contribution in [0.1, 0.15) is 13.8 Å². The minimum Gasteiger partial charge on any atom is -0.389 e. The minimum absolute atomic E-state index is 0.0510. The molecular formula is C11H17FN4O. The largest absolute Gasteiger partial charge is 0.389 e. The van der Waals surface area contributed by atoms with Crippen molar-refractivity contribution in [3.8, 4) is 0 Å². The SMILES string of the molecule is CC(C)(O)C1CN(c2ncc(F)cn2)CCN1. The first kappa shape index (κ1) is 12.2. The van der Waals surface area contributed by atoms with E-state index in [9.17, 15) is 9.50 Å². The first-order valence-corrected chi connectivity index (χ1v) is 5.65. The Labute approximate surface area is 99.7 Å². The van der Waals surface area contributed by atoms with Gasteiger partial charge >= 0.3 is 0 Å². The van der Waals surface area contributed by atoms with E-state index < -0.39 is 11.4 Å². The van der Waals surface area contributed by atoms with Gasteiger partial charge in [-0.3, -0.25) is 0 Å². The molecule has 0 amide bonds. The van der Waals surface area contributed by atoms with E-state index in [-0.39, 0.29) is 6.04 Å². The summed E-state index contributed by atoms with van der Waals surface area (Å²) in [5.74, 6) is 0.0603. The van der Waals surface area contributed by atoms with Crippen molar-refractivity contribution in [3.05, 3.63) is 18.2 Å². The van der Waals surface area contributed by atoms with Crippen LogP contribution in [0.3, 0.4) is 0 Å². The van der Waals surface area contributed by atoms with Gasteiger partial charge in [0, 0.05) is 19.6 Å². The van der Waals surface area contributed by atoms with Gasteiger partial charge in [0.25, 0.3) is 0 Å². The first-order chi connectivity index (χ1) is 7.97. The molecule has 0 spiro atoms. The number of nitrogens with zero attached hydrogens (tertiary/aromatic N) is 3. The van der Waals surface area contributed by atoms with Gasteiger partial charge in [0.1, 0.15) is 0 Å². The quantitative estimate of drug-likeness (QED) is 0.771. The molecule has 1 aliphatic heterocycles. The van der Waals surface area contributed by atoms with Crippen molar-refractivity contribution in [1.82, 2.24) is 15.3 Å². The Morgan fingerprint density at radius 3 is 2.71 bits per heavy atom. The molecule has 1 aromatic rings. The Hall–Kier alpha value is -1.27. The molecule has 2 heterocycles. The maximum atomic E-state index is 12.7. The van der Waals surface area contributed by atoms with E-state index in [1.165, 1.54) is 0 Å². The summed E-state index contributed by atoms with van der Waals surface area (Å²) in [5, 5.41) is 13.2. The van der Waals surface area contributed by atoms with E-state index >= 15 is 0 Å². The summed E-state index contributed by atoms with van der Waals surface area (Å²) >= 11 is 0. The smallest absolute Gasteiger partial charge is 0.225 e. The zero-order chi connectivity index (χ0) is 12.5.